The summed E-state index contributed by atoms with van der Waals surface area (Å²) in [5.74, 6) is 0.646. The molecule has 0 fully saturated rings. The molecular weight excluding hydrogens is 266 g/mol. The van der Waals surface area contributed by atoms with Crippen molar-refractivity contribution in [3.05, 3.63) is 52.6 Å². The van der Waals surface area contributed by atoms with E-state index in [9.17, 15) is 15.2 Å². The summed E-state index contributed by atoms with van der Waals surface area (Å²) in [4.78, 5) is 11.9. The largest absolute Gasteiger partial charge is 0.508 e. The maximum Gasteiger partial charge on any atom is 0.273 e. The second-order valence-electron chi connectivity index (χ2n) is 3.69. The van der Waals surface area contributed by atoms with E-state index < -0.39 is 4.92 Å². The molecule has 0 saturated carbocycles. The van der Waals surface area contributed by atoms with Gasteiger partial charge in [-0.3, -0.25) is 10.1 Å². The van der Waals surface area contributed by atoms with Crippen LogP contribution in [-0.4, -0.2) is 17.1 Å². The van der Waals surface area contributed by atoms with Crippen LogP contribution in [0.25, 0.3) is 0 Å². The third-order valence-electron chi connectivity index (χ3n) is 2.42. The van der Waals surface area contributed by atoms with Crippen LogP contribution in [0.2, 0.25) is 0 Å². The van der Waals surface area contributed by atoms with Crippen LogP contribution in [0.5, 0.6) is 11.5 Å². The Morgan fingerprint density at radius 1 is 1.21 bits per heavy atom. The van der Waals surface area contributed by atoms with Gasteiger partial charge < -0.3 is 9.84 Å². The van der Waals surface area contributed by atoms with Crippen LogP contribution in [0.3, 0.4) is 0 Å². The van der Waals surface area contributed by atoms with Gasteiger partial charge in [-0.05, 0) is 30.3 Å². The highest BCUT2D eigenvalue weighted by Gasteiger charge is 2.12. The maximum absolute atomic E-state index is 10.7. The molecule has 19 heavy (non-hydrogen) atoms. The van der Waals surface area contributed by atoms with Gasteiger partial charge in [-0.1, -0.05) is 11.8 Å². The summed E-state index contributed by atoms with van der Waals surface area (Å²) >= 11 is 1.41. The molecule has 2 aromatic rings. The molecule has 0 aliphatic heterocycles. The van der Waals surface area contributed by atoms with Gasteiger partial charge in [-0.25, -0.2) is 0 Å². The van der Waals surface area contributed by atoms with Crippen LogP contribution in [0.4, 0.5) is 5.69 Å². The number of phenols is 1. The van der Waals surface area contributed by atoms with Gasteiger partial charge in [0.2, 0.25) is 0 Å². The van der Waals surface area contributed by atoms with Crippen LogP contribution in [0.15, 0.2) is 52.3 Å². The number of phenolic OH excluding ortho intramolecular Hbond substituents is 1. The average molecular weight is 277 g/mol. The molecule has 0 unspecified atom stereocenters. The van der Waals surface area contributed by atoms with Crippen molar-refractivity contribution < 1.29 is 14.8 Å². The fourth-order valence-corrected chi connectivity index (χ4v) is 2.40. The molecule has 6 heteroatoms. The predicted molar refractivity (Wildman–Crippen MR) is 71.9 cm³/mol. The molecule has 0 atom stereocenters. The zero-order valence-corrected chi connectivity index (χ0v) is 10.9. The SMILES string of the molecule is COc1cc([N+](=O)[O-])ccc1Sc1ccc(O)cc1. The predicted octanol–water partition coefficient (Wildman–Crippen LogP) is 3.46. The van der Waals surface area contributed by atoms with Crippen molar-refractivity contribution >= 4 is 17.4 Å². The zero-order valence-electron chi connectivity index (χ0n) is 10.1. The van der Waals surface area contributed by atoms with E-state index in [0.717, 1.165) is 9.79 Å². The molecule has 0 spiro atoms. The Kier molecular flexibility index (Phi) is 3.91. The Labute approximate surface area is 114 Å². The lowest BCUT2D eigenvalue weighted by atomic mass is 10.3. The summed E-state index contributed by atoms with van der Waals surface area (Å²) < 4.78 is 5.16. The summed E-state index contributed by atoms with van der Waals surface area (Å²) in [7, 11) is 1.47. The molecule has 0 amide bonds. The van der Waals surface area contributed by atoms with Crippen LogP contribution in [0.1, 0.15) is 0 Å². The Morgan fingerprint density at radius 2 is 1.89 bits per heavy atom. The number of benzene rings is 2. The molecule has 0 aromatic heterocycles. The fourth-order valence-electron chi connectivity index (χ4n) is 1.50. The third-order valence-corrected chi connectivity index (χ3v) is 3.49. The van der Waals surface area contributed by atoms with E-state index in [1.54, 1.807) is 30.3 Å². The molecule has 0 radical (unpaired) electrons. The van der Waals surface area contributed by atoms with Crippen LogP contribution >= 0.6 is 11.8 Å². The van der Waals surface area contributed by atoms with E-state index in [-0.39, 0.29) is 11.4 Å². The van der Waals surface area contributed by atoms with Crippen LogP contribution < -0.4 is 4.74 Å². The average Bonchev–Trinajstić information content (AvgIpc) is 2.41. The number of nitro groups is 1. The Balaban J connectivity index is 2.29. The quantitative estimate of drug-likeness (QED) is 0.684. The minimum Gasteiger partial charge on any atom is -0.508 e. The first-order chi connectivity index (χ1) is 9.10. The Morgan fingerprint density at radius 3 is 2.47 bits per heavy atom. The number of methoxy groups -OCH3 is 1. The van der Waals surface area contributed by atoms with Crippen LogP contribution in [-0.2, 0) is 0 Å². The maximum atomic E-state index is 10.7. The van der Waals surface area contributed by atoms with E-state index in [0.29, 0.717) is 5.75 Å². The lowest BCUT2D eigenvalue weighted by Crippen LogP contribution is -1.91. The highest BCUT2D eigenvalue weighted by Crippen LogP contribution is 2.37. The molecule has 2 rings (SSSR count). The van der Waals surface area contributed by atoms with Gasteiger partial charge in [-0.15, -0.1) is 0 Å². The van der Waals surface area contributed by atoms with Crippen molar-refractivity contribution in [3.63, 3.8) is 0 Å². The van der Waals surface area contributed by atoms with Crippen molar-refractivity contribution in [2.45, 2.75) is 9.79 Å². The first kappa shape index (κ1) is 13.2. The first-order valence-corrected chi connectivity index (χ1v) is 6.21. The molecule has 5 nitrogen and oxygen atoms in total. The lowest BCUT2D eigenvalue weighted by molar-refractivity contribution is -0.385. The molecule has 0 aliphatic carbocycles. The number of nitrogens with zero attached hydrogens (tertiary/aromatic N) is 1. The molecule has 2 aromatic carbocycles. The lowest BCUT2D eigenvalue weighted by Gasteiger charge is -2.07. The molecule has 0 bridgehead atoms. The third kappa shape index (κ3) is 3.17. The van der Waals surface area contributed by atoms with Gasteiger partial charge in [0.25, 0.3) is 5.69 Å². The van der Waals surface area contributed by atoms with Gasteiger partial charge in [0, 0.05) is 11.0 Å². The number of ether oxygens (including phenoxy) is 1. The smallest absolute Gasteiger partial charge is 0.273 e. The number of hydrogen-bond acceptors (Lipinski definition) is 5. The highest BCUT2D eigenvalue weighted by molar-refractivity contribution is 7.99. The number of hydrogen-bond donors (Lipinski definition) is 1. The Bertz CT molecular complexity index is 598. The molecule has 0 saturated heterocycles. The number of non-ortho nitro benzene ring substituents is 1. The second-order valence-corrected chi connectivity index (χ2v) is 4.80. The standard InChI is InChI=1S/C13H11NO4S/c1-18-12-8-9(14(16)17)2-7-13(12)19-11-5-3-10(15)4-6-11/h2-8,15H,1H3. The summed E-state index contributed by atoms with van der Waals surface area (Å²) in [5, 5.41) is 19.9. The van der Waals surface area contributed by atoms with Crippen molar-refractivity contribution in [2.24, 2.45) is 0 Å². The number of nitro benzene ring substituents is 1. The van der Waals surface area contributed by atoms with E-state index >= 15 is 0 Å². The minimum absolute atomic E-state index is 0.00749. The summed E-state index contributed by atoms with van der Waals surface area (Å²) in [5.41, 5.74) is -0.00749. The zero-order chi connectivity index (χ0) is 13.8. The van der Waals surface area contributed by atoms with E-state index in [2.05, 4.69) is 0 Å². The Hall–Kier alpha value is -2.21. The second kappa shape index (κ2) is 5.62. The summed E-state index contributed by atoms with van der Waals surface area (Å²) in [6.45, 7) is 0. The van der Waals surface area contributed by atoms with Crippen molar-refractivity contribution in [1.29, 1.82) is 0 Å². The topological polar surface area (TPSA) is 72.6 Å². The molecule has 98 valence electrons. The molecule has 0 aliphatic rings. The van der Waals surface area contributed by atoms with Gasteiger partial charge >= 0.3 is 0 Å². The monoisotopic (exact) mass is 277 g/mol. The van der Waals surface area contributed by atoms with Gasteiger partial charge in [0.15, 0.2) is 0 Å². The first-order valence-electron chi connectivity index (χ1n) is 5.39. The highest BCUT2D eigenvalue weighted by atomic mass is 32.2. The molecular formula is C13H11NO4S. The number of rotatable bonds is 4. The molecule has 1 N–H and O–H groups in total. The summed E-state index contributed by atoms with van der Waals surface area (Å²) in [6.07, 6.45) is 0. The summed E-state index contributed by atoms with van der Waals surface area (Å²) in [6, 6.07) is 11.2. The number of aromatic hydroxyl groups is 1. The normalized spacial score (nSPS) is 10.2. The van der Waals surface area contributed by atoms with Crippen LogP contribution in [0, 0.1) is 10.1 Å². The van der Waals surface area contributed by atoms with E-state index in [1.807, 2.05) is 0 Å². The van der Waals surface area contributed by atoms with Crippen molar-refractivity contribution in [3.8, 4) is 11.5 Å². The van der Waals surface area contributed by atoms with Gasteiger partial charge in [-0.2, -0.15) is 0 Å². The van der Waals surface area contributed by atoms with Crippen molar-refractivity contribution in [1.82, 2.24) is 0 Å². The van der Waals surface area contributed by atoms with Gasteiger partial charge in [0.1, 0.15) is 11.5 Å². The van der Waals surface area contributed by atoms with E-state index in [4.69, 9.17) is 4.74 Å². The fraction of sp³-hybridized carbons (Fsp3) is 0.0769. The van der Waals surface area contributed by atoms with Gasteiger partial charge in [0.05, 0.1) is 23.0 Å². The van der Waals surface area contributed by atoms with E-state index in [1.165, 1.54) is 31.0 Å². The van der Waals surface area contributed by atoms with Crippen molar-refractivity contribution in [2.75, 3.05) is 7.11 Å². The molecule has 0 heterocycles. The minimum atomic E-state index is -0.461.